The van der Waals surface area contributed by atoms with E-state index in [1.54, 1.807) is 24.4 Å². The molecule has 0 bridgehead atoms. The van der Waals surface area contributed by atoms with Crippen LogP contribution in [0.25, 0.3) is 32.9 Å². The number of hydrogen-bond donors (Lipinski definition) is 0. The third-order valence-electron chi connectivity index (χ3n) is 11.7. The predicted octanol–water partition coefficient (Wildman–Crippen LogP) is 4.90. The molecule has 1 spiro atoms. The molecule has 2 aromatic heterocycles. The number of anilines is 1. The summed E-state index contributed by atoms with van der Waals surface area (Å²) in [5.74, 6) is -0.211. The van der Waals surface area contributed by atoms with Gasteiger partial charge in [-0.15, -0.1) is 0 Å². The molecule has 278 valence electrons. The van der Waals surface area contributed by atoms with E-state index in [1.807, 2.05) is 35.2 Å². The third-order valence-corrected chi connectivity index (χ3v) is 12.0. The molecule has 0 radical (unpaired) electrons. The molecule has 5 saturated heterocycles. The second-order valence-corrected chi connectivity index (χ2v) is 15.4. The van der Waals surface area contributed by atoms with Crippen molar-refractivity contribution in [3.8, 4) is 17.3 Å². The molecule has 0 aliphatic carbocycles. The smallest absolute Gasteiger partial charge is 0.319 e. The number of piperazine rings is 1. The maximum atomic E-state index is 17.0. The van der Waals surface area contributed by atoms with Crippen molar-refractivity contribution < 1.29 is 27.8 Å². The van der Waals surface area contributed by atoms with E-state index in [1.165, 1.54) is 0 Å². The highest BCUT2D eigenvalue weighted by Gasteiger charge is 2.51. The monoisotopic (exact) mass is 745 g/mol. The molecule has 14 heteroatoms. The first-order chi connectivity index (χ1) is 25.8. The standard InChI is InChI=1S/C39H42ClF2N7O4/c40-30-8-2-6-26-5-1-7-28(32(26)30)34-33(42)35-29(20-43-34)36(45-37(44-35)53-25-38-10-4-12-48(38)21-27(41)19-38)47-13-14-49(39(22-47)23-52-24-39)31(50)9-3-11-46-15-17-51-18-16-46/h1-3,5-9,20,27H,4,10-19,21-25H2/b9-3+/t27-,38+/m1/s1. The van der Waals surface area contributed by atoms with Gasteiger partial charge in [-0.2, -0.15) is 9.97 Å². The molecule has 4 aromatic rings. The first kappa shape index (κ1) is 34.7. The Hall–Kier alpha value is -4.01. The summed E-state index contributed by atoms with van der Waals surface area (Å²) >= 11 is 6.65. The fourth-order valence-electron chi connectivity index (χ4n) is 8.92. The van der Waals surface area contributed by atoms with Gasteiger partial charge in [-0.3, -0.25) is 19.6 Å². The topological polar surface area (TPSA) is 96.4 Å². The predicted molar refractivity (Wildman–Crippen MR) is 198 cm³/mol. The van der Waals surface area contributed by atoms with Crippen LogP contribution < -0.4 is 9.64 Å². The molecule has 11 nitrogen and oxygen atoms in total. The van der Waals surface area contributed by atoms with Crippen molar-refractivity contribution in [2.45, 2.75) is 36.5 Å². The Bertz CT molecular complexity index is 2070. The zero-order chi connectivity index (χ0) is 36.2. The summed E-state index contributed by atoms with van der Waals surface area (Å²) in [6.07, 6.45) is 6.44. The number of halogens is 3. The van der Waals surface area contributed by atoms with E-state index in [0.717, 1.165) is 37.9 Å². The van der Waals surface area contributed by atoms with E-state index in [9.17, 15) is 9.18 Å². The summed E-state index contributed by atoms with van der Waals surface area (Å²) in [4.78, 5) is 36.2. The lowest BCUT2D eigenvalue weighted by Gasteiger charge is -2.55. The van der Waals surface area contributed by atoms with Crippen LogP contribution in [-0.2, 0) is 14.3 Å². The number of alkyl halides is 1. The van der Waals surface area contributed by atoms with Crippen LogP contribution in [0, 0.1) is 5.82 Å². The number of carbonyl (C=O) groups is 1. The van der Waals surface area contributed by atoms with E-state index in [4.69, 9.17) is 30.8 Å². The van der Waals surface area contributed by atoms with Crippen LogP contribution in [0.3, 0.4) is 0 Å². The fourth-order valence-corrected chi connectivity index (χ4v) is 9.20. The maximum absolute atomic E-state index is 17.0. The second-order valence-electron chi connectivity index (χ2n) is 15.0. The Morgan fingerprint density at radius 3 is 2.70 bits per heavy atom. The zero-order valence-electron chi connectivity index (χ0n) is 29.5. The number of amides is 1. The molecule has 0 unspecified atom stereocenters. The van der Waals surface area contributed by atoms with Gasteiger partial charge in [-0.25, -0.2) is 8.78 Å². The molecule has 2 aromatic carbocycles. The van der Waals surface area contributed by atoms with Crippen molar-refractivity contribution in [2.24, 2.45) is 0 Å². The van der Waals surface area contributed by atoms with Crippen molar-refractivity contribution in [1.82, 2.24) is 29.7 Å². The first-order valence-corrected chi connectivity index (χ1v) is 18.9. The summed E-state index contributed by atoms with van der Waals surface area (Å²) in [5, 5.41) is 2.48. The number of ether oxygens (including phenoxy) is 3. The molecule has 5 aliphatic heterocycles. The van der Waals surface area contributed by atoms with Gasteiger partial charge < -0.3 is 24.0 Å². The van der Waals surface area contributed by atoms with Crippen LogP contribution >= 0.6 is 11.6 Å². The molecule has 53 heavy (non-hydrogen) atoms. The molecule has 5 aliphatic rings. The third kappa shape index (κ3) is 6.29. The van der Waals surface area contributed by atoms with Gasteiger partial charge in [0.15, 0.2) is 5.82 Å². The summed E-state index contributed by atoms with van der Waals surface area (Å²) in [5.41, 5.74) is -0.278. The Morgan fingerprint density at radius 1 is 1.06 bits per heavy atom. The number of carbonyl (C=O) groups excluding carboxylic acids is 1. The summed E-state index contributed by atoms with van der Waals surface area (Å²) < 4.78 is 49.1. The molecule has 0 N–H and O–H groups in total. The second kappa shape index (κ2) is 14.0. The van der Waals surface area contributed by atoms with Crippen molar-refractivity contribution in [1.29, 1.82) is 0 Å². The normalized spacial score (nSPS) is 24.8. The lowest BCUT2D eigenvalue weighted by Crippen LogP contribution is -2.72. The van der Waals surface area contributed by atoms with Crippen molar-refractivity contribution >= 4 is 45.0 Å². The van der Waals surface area contributed by atoms with Crippen LogP contribution in [0.5, 0.6) is 6.01 Å². The Morgan fingerprint density at radius 2 is 1.89 bits per heavy atom. The quantitative estimate of drug-likeness (QED) is 0.232. The minimum Gasteiger partial charge on any atom is -0.461 e. The minimum atomic E-state index is -0.917. The lowest BCUT2D eigenvalue weighted by atomic mass is 9.91. The SMILES string of the molecule is O=C(/C=C/CN1CCOCC1)N1CCN(c2nc(OC[C@@]34CCCN3C[C@H](F)C4)nc3c(F)c(-c4cccc5cccc(Cl)c45)ncc23)CC12COC2. The van der Waals surface area contributed by atoms with Gasteiger partial charge in [0.25, 0.3) is 0 Å². The van der Waals surface area contributed by atoms with Crippen LogP contribution in [0.1, 0.15) is 19.3 Å². The van der Waals surface area contributed by atoms with Gasteiger partial charge in [-0.05, 0) is 30.8 Å². The molecule has 1 amide bonds. The largest absolute Gasteiger partial charge is 0.461 e. The van der Waals surface area contributed by atoms with E-state index in [-0.39, 0.29) is 29.7 Å². The Labute approximate surface area is 311 Å². The molecule has 5 fully saturated rings. The van der Waals surface area contributed by atoms with Crippen LogP contribution in [0.15, 0.2) is 54.7 Å². The molecule has 7 heterocycles. The number of pyridine rings is 1. The maximum Gasteiger partial charge on any atom is 0.319 e. The van der Waals surface area contributed by atoms with E-state index in [2.05, 4.69) is 24.7 Å². The fraction of sp³-hybridized carbons (Fsp3) is 0.487. The highest BCUT2D eigenvalue weighted by Crippen LogP contribution is 2.42. The Balaban J connectivity index is 1.06. The van der Waals surface area contributed by atoms with Gasteiger partial charge in [0.1, 0.15) is 35.3 Å². The number of morpholine rings is 1. The molecule has 2 atom stereocenters. The van der Waals surface area contributed by atoms with Gasteiger partial charge in [0.2, 0.25) is 5.91 Å². The van der Waals surface area contributed by atoms with Crippen LogP contribution in [0.2, 0.25) is 5.02 Å². The number of rotatable bonds is 8. The average molecular weight is 746 g/mol. The first-order valence-electron chi connectivity index (χ1n) is 18.5. The molecule has 9 rings (SSSR count). The number of hydrogen-bond acceptors (Lipinski definition) is 10. The van der Waals surface area contributed by atoms with E-state index in [0.29, 0.717) is 92.7 Å². The zero-order valence-corrected chi connectivity index (χ0v) is 30.2. The molecular weight excluding hydrogens is 704 g/mol. The van der Waals surface area contributed by atoms with E-state index < -0.39 is 23.1 Å². The summed E-state index contributed by atoms with van der Waals surface area (Å²) in [6.45, 7) is 7.22. The van der Waals surface area contributed by atoms with Gasteiger partial charge in [0, 0.05) is 80.5 Å². The number of benzene rings is 2. The highest BCUT2D eigenvalue weighted by atomic mass is 35.5. The van der Waals surface area contributed by atoms with Gasteiger partial charge in [-0.1, -0.05) is 48.0 Å². The number of nitrogens with zero attached hydrogens (tertiary/aromatic N) is 7. The summed E-state index contributed by atoms with van der Waals surface area (Å²) in [7, 11) is 0. The average Bonchev–Trinajstić information content (AvgIpc) is 3.69. The number of fused-ring (bicyclic) bond motifs is 3. The van der Waals surface area contributed by atoms with Crippen LogP contribution in [-0.4, -0.2) is 138 Å². The molecule has 0 saturated carbocycles. The van der Waals surface area contributed by atoms with Crippen molar-refractivity contribution in [2.75, 3.05) is 90.3 Å². The van der Waals surface area contributed by atoms with Crippen LogP contribution in [0.4, 0.5) is 14.6 Å². The highest BCUT2D eigenvalue weighted by molar-refractivity contribution is 6.36. The van der Waals surface area contributed by atoms with E-state index >= 15 is 4.39 Å². The summed E-state index contributed by atoms with van der Waals surface area (Å²) in [6, 6.07) is 11.2. The van der Waals surface area contributed by atoms with Crippen molar-refractivity contribution in [3.05, 3.63) is 65.6 Å². The lowest BCUT2D eigenvalue weighted by molar-refractivity contribution is -0.164. The molecular formula is C39H42ClF2N7O4. The minimum absolute atomic E-state index is 0.0199. The van der Waals surface area contributed by atoms with Gasteiger partial charge in [0.05, 0.1) is 37.4 Å². The number of aromatic nitrogens is 3. The Kier molecular flexibility index (Phi) is 9.18. The van der Waals surface area contributed by atoms with Crippen molar-refractivity contribution in [3.63, 3.8) is 0 Å². The van der Waals surface area contributed by atoms with Gasteiger partial charge >= 0.3 is 6.01 Å².